The topological polar surface area (TPSA) is 20.2 Å². The van der Waals surface area contributed by atoms with E-state index in [0.29, 0.717) is 0 Å². The van der Waals surface area contributed by atoms with Gasteiger partial charge in [-0.05, 0) is 25.2 Å². The van der Waals surface area contributed by atoms with Crippen molar-refractivity contribution in [3.8, 4) is 11.8 Å². The molecule has 0 radical (unpaired) electrons. The molecule has 0 rings (SSSR count). The van der Waals surface area contributed by atoms with E-state index in [4.69, 9.17) is 0 Å². The van der Waals surface area contributed by atoms with E-state index in [1.165, 1.54) is 57.8 Å². The predicted octanol–water partition coefficient (Wildman–Crippen LogP) is 5.71. The Morgan fingerprint density at radius 1 is 0.800 bits per heavy atom. The smallest absolute Gasteiger partial charge is 0.114 e. The van der Waals surface area contributed by atoms with Crippen LogP contribution in [0.3, 0.4) is 0 Å². The van der Waals surface area contributed by atoms with Gasteiger partial charge in [-0.3, -0.25) is 0 Å². The van der Waals surface area contributed by atoms with Crippen molar-refractivity contribution in [1.29, 1.82) is 0 Å². The fraction of sp³-hybridized carbons (Fsp3) is 0.895. The molecule has 0 aromatic carbocycles. The zero-order valence-corrected chi connectivity index (χ0v) is 14.1. The minimum Gasteiger partial charge on any atom is -0.380 e. The number of hydrogen-bond acceptors (Lipinski definition) is 1. The molecule has 0 spiro atoms. The van der Waals surface area contributed by atoms with Crippen molar-refractivity contribution in [3.63, 3.8) is 0 Å². The highest BCUT2D eigenvalue weighted by Crippen LogP contribution is 2.10. The molecule has 1 unspecified atom stereocenters. The molecule has 0 amide bonds. The zero-order valence-electron chi connectivity index (χ0n) is 14.1. The van der Waals surface area contributed by atoms with E-state index >= 15 is 0 Å². The summed E-state index contributed by atoms with van der Waals surface area (Å²) in [5.41, 5.74) is 0. The van der Waals surface area contributed by atoms with E-state index in [-0.39, 0.29) is 0 Å². The van der Waals surface area contributed by atoms with Crippen LogP contribution >= 0.6 is 0 Å². The first-order valence-electron chi connectivity index (χ1n) is 8.83. The average Bonchev–Trinajstić information content (AvgIpc) is 2.40. The molecule has 1 nitrogen and oxygen atoms in total. The fourth-order valence-corrected chi connectivity index (χ4v) is 2.33. The van der Waals surface area contributed by atoms with Crippen LogP contribution in [-0.4, -0.2) is 11.2 Å². The third-order valence-electron chi connectivity index (χ3n) is 3.68. The second kappa shape index (κ2) is 14.9. The largest absolute Gasteiger partial charge is 0.380 e. The number of aliphatic hydroxyl groups is 1. The average molecular weight is 280 g/mol. The molecule has 0 aliphatic rings. The van der Waals surface area contributed by atoms with Gasteiger partial charge in [0, 0.05) is 6.42 Å². The van der Waals surface area contributed by atoms with Gasteiger partial charge in [-0.15, -0.1) is 5.92 Å². The van der Waals surface area contributed by atoms with Gasteiger partial charge in [-0.25, -0.2) is 0 Å². The summed E-state index contributed by atoms with van der Waals surface area (Å²) in [4.78, 5) is 0. The van der Waals surface area contributed by atoms with Crippen LogP contribution in [0, 0.1) is 17.8 Å². The standard InChI is InChI=1S/C19H36O/c1-4-5-6-7-8-9-10-11-12-13-16-19(20)17-14-15-18(2)3/h18-20H,4-12,14-15,17H2,1-3H3. The predicted molar refractivity (Wildman–Crippen MR) is 89.7 cm³/mol. The number of unbranched alkanes of at least 4 members (excludes halogenated alkanes) is 8. The second-order valence-corrected chi connectivity index (χ2v) is 6.39. The van der Waals surface area contributed by atoms with Crippen LogP contribution in [0.2, 0.25) is 0 Å². The summed E-state index contributed by atoms with van der Waals surface area (Å²) in [6, 6.07) is 0. The summed E-state index contributed by atoms with van der Waals surface area (Å²) in [6.07, 6.45) is 14.4. The lowest BCUT2D eigenvalue weighted by molar-refractivity contribution is 0.215. The maximum atomic E-state index is 9.71. The van der Waals surface area contributed by atoms with E-state index in [0.717, 1.165) is 25.2 Å². The Morgan fingerprint density at radius 3 is 2.00 bits per heavy atom. The lowest BCUT2D eigenvalue weighted by Crippen LogP contribution is -2.03. The quantitative estimate of drug-likeness (QED) is 0.359. The van der Waals surface area contributed by atoms with Crippen molar-refractivity contribution in [3.05, 3.63) is 0 Å². The molecule has 118 valence electrons. The monoisotopic (exact) mass is 280 g/mol. The normalized spacial score (nSPS) is 12.2. The molecule has 1 N–H and O–H groups in total. The highest BCUT2D eigenvalue weighted by molar-refractivity contribution is 5.04. The van der Waals surface area contributed by atoms with Gasteiger partial charge < -0.3 is 5.11 Å². The molecule has 0 aromatic rings. The Kier molecular flexibility index (Phi) is 14.6. The van der Waals surface area contributed by atoms with Crippen molar-refractivity contribution in [2.45, 2.75) is 104 Å². The Bertz CT molecular complexity index is 246. The van der Waals surface area contributed by atoms with Crippen LogP contribution in [0.5, 0.6) is 0 Å². The summed E-state index contributed by atoms with van der Waals surface area (Å²) < 4.78 is 0. The van der Waals surface area contributed by atoms with E-state index < -0.39 is 6.10 Å². The first-order valence-corrected chi connectivity index (χ1v) is 8.83. The van der Waals surface area contributed by atoms with Crippen LogP contribution < -0.4 is 0 Å². The van der Waals surface area contributed by atoms with Gasteiger partial charge in [-0.1, -0.05) is 78.1 Å². The first-order chi connectivity index (χ1) is 9.66. The van der Waals surface area contributed by atoms with Crippen LogP contribution in [0.15, 0.2) is 0 Å². The molecule has 0 aliphatic heterocycles. The molecule has 0 aromatic heterocycles. The molecular weight excluding hydrogens is 244 g/mol. The van der Waals surface area contributed by atoms with Crippen LogP contribution in [0.25, 0.3) is 0 Å². The molecule has 0 fully saturated rings. The Balaban J connectivity index is 3.30. The Morgan fingerprint density at radius 2 is 1.40 bits per heavy atom. The minimum absolute atomic E-state index is 0.400. The Labute approximate surface area is 127 Å². The maximum Gasteiger partial charge on any atom is 0.114 e. The molecule has 0 bridgehead atoms. The summed E-state index contributed by atoms with van der Waals surface area (Å²) in [5, 5.41) is 9.71. The van der Waals surface area contributed by atoms with Gasteiger partial charge in [0.05, 0.1) is 0 Å². The van der Waals surface area contributed by atoms with Crippen LogP contribution in [-0.2, 0) is 0 Å². The Hall–Kier alpha value is -0.480. The maximum absolute atomic E-state index is 9.71. The van der Waals surface area contributed by atoms with Gasteiger partial charge in [0.25, 0.3) is 0 Å². The highest BCUT2D eigenvalue weighted by Gasteiger charge is 2.00. The SMILES string of the molecule is CCCCCCCCCCC#CC(O)CCCC(C)C. The minimum atomic E-state index is -0.400. The third-order valence-corrected chi connectivity index (χ3v) is 3.68. The van der Waals surface area contributed by atoms with Crippen molar-refractivity contribution < 1.29 is 5.11 Å². The molecular formula is C19H36O. The number of aliphatic hydroxyl groups excluding tert-OH is 1. The molecule has 0 heterocycles. The molecule has 0 saturated carbocycles. The first kappa shape index (κ1) is 19.5. The van der Waals surface area contributed by atoms with E-state index in [9.17, 15) is 5.11 Å². The van der Waals surface area contributed by atoms with Gasteiger partial charge in [0.15, 0.2) is 0 Å². The fourth-order valence-electron chi connectivity index (χ4n) is 2.33. The third kappa shape index (κ3) is 15.6. The molecule has 0 saturated heterocycles. The van der Waals surface area contributed by atoms with Crippen molar-refractivity contribution in [2.75, 3.05) is 0 Å². The lowest BCUT2D eigenvalue weighted by Gasteiger charge is -2.05. The molecule has 20 heavy (non-hydrogen) atoms. The van der Waals surface area contributed by atoms with Crippen molar-refractivity contribution in [2.24, 2.45) is 5.92 Å². The van der Waals surface area contributed by atoms with Crippen LogP contribution in [0.4, 0.5) is 0 Å². The summed E-state index contributed by atoms with van der Waals surface area (Å²) in [7, 11) is 0. The molecule has 0 aliphatic carbocycles. The van der Waals surface area contributed by atoms with Crippen molar-refractivity contribution in [1.82, 2.24) is 0 Å². The summed E-state index contributed by atoms with van der Waals surface area (Å²) in [5.74, 6) is 6.84. The van der Waals surface area contributed by atoms with E-state index in [1.54, 1.807) is 0 Å². The zero-order chi connectivity index (χ0) is 15.1. The number of hydrogen-bond donors (Lipinski definition) is 1. The van der Waals surface area contributed by atoms with Gasteiger partial charge in [-0.2, -0.15) is 0 Å². The van der Waals surface area contributed by atoms with Crippen molar-refractivity contribution >= 4 is 0 Å². The molecule has 1 atom stereocenters. The van der Waals surface area contributed by atoms with E-state index in [2.05, 4.69) is 32.6 Å². The van der Waals surface area contributed by atoms with Gasteiger partial charge in [0.2, 0.25) is 0 Å². The van der Waals surface area contributed by atoms with Gasteiger partial charge in [0.1, 0.15) is 6.10 Å². The van der Waals surface area contributed by atoms with Crippen LogP contribution in [0.1, 0.15) is 97.8 Å². The number of rotatable bonds is 12. The van der Waals surface area contributed by atoms with Gasteiger partial charge >= 0.3 is 0 Å². The highest BCUT2D eigenvalue weighted by atomic mass is 16.3. The summed E-state index contributed by atoms with van der Waals surface area (Å²) in [6.45, 7) is 6.70. The second-order valence-electron chi connectivity index (χ2n) is 6.39. The summed E-state index contributed by atoms with van der Waals surface area (Å²) >= 11 is 0. The lowest BCUT2D eigenvalue weighted by atomic mass is 10.0. The molecule has 1 heteroatoms. The van der Waals surface area contributed by atoms with E-state index in [1.807, 2.05) is 0 Å².